The molecule has 0 aromatic rings. The number of unbranched alkanes of at least 4 members (excludes halogenated alkanes) is 13. The first kappa shape index (κ1) is 22.2. The molecule has 0 aromatic heterocycles. The van der Waals surface area contributed by atoms with Crippen LogP contribution in [0.25, 0.3) is 0 Å². The molecule has 0 unspecified atom stereocenters. The first-order chi connectivity index (χ1) is 10.7. The Hall–Kier alpha value is 0.240. The molecule has 0 atom stereocenters. The Bertz CT molecular complexity index is 244. The number of thiol groups is 1. The van der Waals surface area contributed by atoms with Gasteiger partial charge in [0.25, 0.3) is 0 Å². The van der Waals surface area contributed by atoms with Crippen molar-refractivity contribution in [3.05, 3.63) is 0 Å². The second-order valence-corrected chi connectivity index (χ2v) is 7.57. The van der Waals surface area contributed by atoms with Crippen LogP contribution in [0.3, 0.4) is 0 Å². The molecule has 0 amide bonds. The Labute approximate surface area is 151 Å². The second-order valence-electron chi connectivity index (χ2n) is 6.46. The van der Waals surface area contributed by atoms with Crippen LogP contribution in [0.2, 0.25) is 0 Å². The van der Waals surface area contributed by atoms with Gasteiger partial charge in [-0.25, -0.2) is 0 Å². The zero-order chi connectivity index (χ0) is 16.5. The Balaban J connectivity index is 3.13. The quantitative estimate of drug-likeness (QED) is 0.182. The monoisotopic (exact) mass is 345 g/mol. The van der Waals surface area contributed by atoms with Gasteiger partial charge in [-0.15, -0.1) is 12.6 Å². The Morgan fingerprint density at radius 1 is 0.682 bits per heavy atom. The Morgan fingerprint density at radius 3 is 1.36 bits per heavy atom. The molecule has 0 aliphatic carbocycles. The highest BCUT2D eigenvalue weighted by molar-refractivity contribution is 8.10. The number of thiocarbonyl (C=S) groups is 1. The van der Waals surface area contributed by atoms with E-state index in [4.69, 9.17) is 12.2 Å². The smallest absolute Gasteiger partial charge is 0.133 e. The third-order valence-corrected chi connectivity index (χ3v) is 4.97. The van der Waals surface area contributed by atoms with Gasteiger partial charge in [0.1, 0.15) is 4.32 Å². The lowest BCUT2D eigenvalue weighted by atomic mass is 10.0. The van der Waals surface area contributed by atoms with E-state index in [1.165, 1.54) is 89.9 Å². The first-order valence-corrected chi connectivity index (χ1v) is 10.6. The molecule has 0 heterocycles. The summed E-state index contributed by atoms with van der Waals surface area (Å²) < 4.78 is 0.747. The zero-order valence-corrected chi connectivity index (χ0v) is 16.8. The average molecular weight is 346 g/mol. The van der Waals surface area contributed by atoms with Crippen LogP contribution >= 0.6 is 24.8 Å². The third-order valence-electron chi connectivity index (χ3n) is 4.43. The minimum absolute atomic E-state index is 0.747. The van der Waals surface area contributed by atoms with E-state index in [9.17, 15) is 0 Å². The SMILES string of the molecule is CCCCCCCCCCCCCCCCN(CC)C(=S)S. The van der Waals surface area contributed by atoms with Gasteiger partial charge in [0, 0.05) is 13.1 Å². The van der Waals surface area contributed by atoms with Crippen LogP contribution in [-0.2, 0) is 0 Å². The van der Waals surface area contributed by atoms with Gasteiger partial charge in [0.05, 0.1) is 0 Å². The van der Waals surface area contributed by atoms with Crippen molar-refractivity contribution in [2.45, 2.75) is 104 Å². The van der Waals surface area contributed by atoms with Crippen LogP contribution in [0.1, 0.15) is 104 Å². The number of hydrogen-bond acceptors (Lipinski definition) is 1. The summed E-state index contributed by atoms with van der Waals surface area (Å²) in [6, 6.07) is 0. The van der Waals surface area contributed by atoms with Crippen LogP contribution in [0.5, 0.6) is 0 Å². The van der Waals surface area contributed by atoms with Crippen molar-refractivity contribution in [1.82, 2.24) is 4.90 Å². The molecular formula is C19H39NS2. The van der Waals surface area contributed by atoms with Crippen molar-refractivity contribution in [2.24, 2.45) is 0 Å². The van der Waals surface area contributed by atoms with E-state index in [-0.39, 0.29) is 0 Å². The molecule has 3 heteroatoms. The van der Waals surface area contributed by atoms with Gasteiger partial charge >= 0.3 is 0 Å². The van der Waals surface area contributed by atoms with Gasteiger partial charge in [0.2, 0.25) is 0 Å². The van der Waals surface area contributed by atoms with Gasteiger partial charge < -0.3 is 4.90 Å². The summed E-state index contributed by atoms with van der Waals surface area (Å²) in [5.74, 6) is 0. The summed E-state index contributed by atoms with van der Waals surface area (Å²) in [5, 5.41) is 0. The van der Waals surface area contributed by atoms with Crippen LogP contribution in [-0.4, -0.2) is 22.3 Å². The largest absolute Gasteiger partial charge is 0.358 e. The molecule has 0 bridgehead atoms. The molecular weight excluding hydrogens is 306 g/mol. The summed E-state index contributed by atoms with van der Waals surface area (Å²) >= 11 is 9.36. The van der Waals surface area contributed by atoms with Gasteiger partial charge in [-0.1, -0.05) is 103 Å². The minimum Gasteiger partial charge on any atom is -0.358 e. The second kappa shape index (κ2) is 17.6. The summed E-state index contributed by atoms with van der Waals surface area (Å²) in [6.07, 6.45) is 19.8. The number of rotatable bonds is 16. The fraction of sp³-hybridized carbons (Fsp3) is 0.947. The van der Waals surface area contributed by atoms with Crippen molar-refractivity contribution in [3.63, 3.8) is 0 Å². The van der Waals surface area contributed by atoms with E-state index in [0.29, 0.717) is 0 Å². The molecule has 1 nitrogen and oxygen atoms in total. The zero-order valence-electron chi connectivity index (χ0n) is 15.1. The summed E-state index contributed by atoms with van der Waals surface area (Å²) in [7, 11) is 0. The molecule has 22 heavy (non-hydrogen) atoms. The molecule has 0 N–H and O–H groups in total. The summed E-state index contributed by atoms with van der Waals surface area (Å²) in [5.41, 5.74) is 0. The van der Waals surface area contributed by atoms with Crippen molar-refractivity contribution >= 4 is 29.2 Å². The maximum atomic E-state index is 5.11. The molecule has 0 radical (unpaired) electrons. The van der Waals surface area contributed by atoms with Gasteiger partial charge in [-0.2, -0.15) is 0 Å². The number of nitrogens with zero attached hydrogens (tertiary/aromatic N) is 1. The summed E-state index contributed by atoms with van der Waals surface area (Å²) in [6.45, 7) is 6.50. The lowest BCUT2D eigenvalue weighted by Gasteiger charge is -2.20. The highest BCUT2D eigenvalue weighted by Crippen LogP contribution is 2.13. The highest BCUT2D eigenvalue weighted by Gasteiger charge is 2.02. The van der Waals surface area contributed by atoms with Crippen LogP contribution < -0.4 is 0 Å². The molecule has 0 saturated heterocycles. The molecule has 0 fully saturated rings. The average Bonchev–Trinajstić information content (AvgIpc) is 2.51. The third kappa shape index (κ3) is 15.1. The lowest BCUT2D eigenvalue weighted by Crippen LogP contribution is -2.26. The van der Waals surface area contributed by atoms with Gasteiger partial charge in [0.15, 0.2) is 0 Å². The van der Waals surface area contributed by atoms with E-state index in [0.717, 1.165) is 17.4 Å². The van der Waals surface area contributed by atoms with Gasteiger partial charge in [-0.05, 0) is 13.3 Å². The Kier molecular flexibility index (Phi) is 17.8. The molecule has 0 aliphatic heterocycles. The molecule has 0 rings (SSSR count). The molecule has 0 spiro atoms. The van der Waals surface area contributed by atoms with Crippen LogP contribution in [0, 0.1) is 0 Å². The molecule has 0 aliphatic rings. The predicted octanol–water partition coefficient (Wildman–Crippen LogP) is 7.00. The van der Waals surface area contributed by atoms with E-state index in [1.54, 1.807) is 0 Å². The molecule has 0 aromatic carbocycles. The van der Waals surface area contributed by atoms with E-state index >= 15 is 0 Å². The highest BCUT2D eigenvalue weighted by atomic mass is 32.1. The van der Waals surface area contributed by atoms with Crippen LogP contribution in [0.4, 0.5) is 0 Å². The molecule has 132 valence electrons. The molecule has 0 saturated carbocycles. The van der Waals surface area contributed by atoms with Crippen molar-refractivity contribution in [3.8, 4) is 0 Å². The maximum Gasteiger partial charge on any atom is 0.133 e. The van der Waals surface area contributed by atoms with Crippen molar-refractivity contribution in [2.75, 3.05) is 13.1 Å². The van der Waals surface area contributed by atoms with Crippen molar-refractivity contribution in [1.29, 1.82) is 0 Å². The van der Waals surface area contributed by atoms with E-state index in [2.05, 4.69) is 31.4 Å². The maximum absolute atomic E-state index is 5.11. The van der Waals surface area contributed by atoms with E-state index < -0.39 is 0 Å². The first-order valence-electron chi connectivity index (χ1n) is 9.70. The van der Waals surface area contributed by atoms with Gasteiger partial charge in [-0.3, -0.25) is 0 Å². The van der Waals surface area contributed by atoms with Crippen molar-refractivity contribution < 1.29 is 0 Å². The fourth-order valence-corrected chi connectivity index (χ4v) is 3.35. The summed E-state index contributed by atoms with van der Waals surface area (Å²) in [4.78, 5) is 2.18. The number of hydrogen-bond donors (Lipinski definition) is 1. The normalized spacial score (nSPS) is 10.9. The fourth-order valence-electron chi connectivity index (χ4n) is 2.89. The minimum atomic E-state index is 0.747. The lowest BCUT2D eigenvalue weighted by molar-refractivity contribution is 0.429. The Morgan fingerprint density at radius 2 is 1.05 bits per heavy atom. The van der Waals surface area contributed by atoms with E-state index in [1.807, 2.05) is 0 Å². The predicted molar refractivity (Wildman–Crippen MR) is 109 cm³/mol. The topological polar surface area (TPSA) is 3.24 Å². The van der Waals surface area contributed by atoms with Crippen LogP contribution in [0.15, 0.2) is 0 Å². The standard InChI is InChI=1S/C19H39NS2/c1-3-5-6-7-8-9-10-11-12-13-14-15-16-17-18-20(4-2)19(21)22/h3-18H2,1-2H3,(H,21,22).